The summed E-state index contributed by atoms with van der Waals surface area (Å²) in [5, 5.41) is 2.89. The van der Waals surface area contributed by atoms with E-state index in [1.165, 1.54) is 0 Å². The van der Waals surface area contributed by atoms with Gasteiger partial charge in [-0.2, -0.15) is 0 Å². The van der Waals surface area contributed by atoms with Gasteiger partial charge in [0.05, 0.1) is 11.6 Å². The minimum Gasteiger partial charge on any atom is -0.355 e. The van der Waals surface area contributed by atoms with Gasteiger partial charge in [0.15, 0.2) is 0 Å². The molecule has 1 heterocycles. The van der Waals surface area contributed by atoms with E-state index in [1.54, 1.807) is 4.90 Å². The number of nitrogens with one attached hydrogen (secondary N) is 1. The molecular formula is C15H20BrN3O2. The molecular weight excluding hydrogens is 334 g/mol. The van der Waals surface area contributed by atoms with Crippen molar-refractivity contribution in [2.45, 2.75) is 6.42 Å². The van der Waals surface area contributed by atoms with Crippen molar-refractivity contribution in [3.05, 3.63) is 28.7 Å². The first-order valence-corrected chi connectivity index (χ1v) is 7.75. The summed E-state index contributed by atoms with van der Waals surface area (Å²) < 4.78 is 0.868. The topological polar surface area (TPSA) is 52.7 Å². The Morgan fingerprint density at radius 2 is 2.14 bits per heavy atom. The van der Waals surface area contributed by atoms with Gasteiger partial charge in [-0.25, -0.2) is 0 Å². The number of benzene rings is 1. The second kappa shape index (κ2) is 7.04. The van der Waals surface area contributed by atoms with E-state index < -0.39 is 0 Å². The number of hydrogen-bond donors (Lipinski definition) is 1. The Kier molecular flexibility index (Phi) is 5.36. The third kappa shape index (κ3) is 4.04. The number of amides is 2. The van der Waals surface area contributed by atoms with Crippen LogP contribution in [0.25, 0.3) is 0 Å². The van der Waals surface area contributed by atoms with Gasteiger partial charge in [-0.05, 0) is 42.2 Å². The van der Waals surface area contributed by atoms with Crippen LogP contribution in [0.3, 0.4) is 0 Å². The van der Waals surface area contributed by atoms with Crippen molar-refractivity contribution in [1.29, 1.82) is 0 Å². The summed E-state index contributed by atoms with van der Waals surface area (Å²) in [5.74, 6) is -0.318. The second-order valence-electron chi connectivity index (χ2n) is 5.45. The Hall–Kier alpha value is -1.40. The SMILES string of the molecule is CN(C)CCNC(=O)C1CC(=O)N(c2ccccc2Br)C1. The summed E-state index contributed by atoms with van der Waals surface area (Å²) in [6.07, 6.45) is 0.273. The molecule has 114 valence electrons. The van der Waals surface area contributed by atoms with Crippen LogP contribution in [0.15, 0.2) is 28.7 Å². The van der Waals surface area contributed by atoms with Crippen LogP contribution < -0.4 is 10.2 Å². The maximum atomic E-state index is 12.1. The number of para-hydroxylation sites is 1. The molecule has 1 aliphatic rings. The van der Waals surface area contributed by atoms with Gasteiger partial charge in [0.25, 0.3) is 0 Å². The monoisotopic (exact) mass is 353 g/mol. The molecule has 0 radical (unpaired) electrons. The predicted molar refractivity (Wildman–Crippen MR) is 86.2 cm³/mol. The van der Waals surface area contributed by atoms with Gasteiger partial charge < -0.3 is 15.1 Å². The van der Waals surface area contributed by atoms with E-state index in [2.05, 4.69) is 21.2 Å². The number of anilines is 1. The largest absolute Gasteiger partial charge is 0.355 e. The van der Waals surface area contributed by atoms with Gasteiger partial charge in [-0.15, -0.1) is 0 Å². The molecule has 2 amide bonds. The molecule has 1 atom stereocenters. The molecule has 21 heavy (non-hydrogen) atoms. The molecule has 1 saturated heterocycles. The van der Waals surface area contributed by atoms with Crippen LogP contribution in [0.2, 0.25) is 0 Å². The second-order valence-corrected chi connectivity index (χ2v) is 6.31. The normalized spacial score (nSPS) is 18.4. The van der Waals surface area contributed by atoms with Crippen molar-refractivity contribution >= 4 is 33.4 Å². The van der Waals surface area contributed by atoms with E-state index in [-0.39, 0.29) is 24.2 Å². The van der Waals surface area contributed by atoms with E-state index in [0.29, 0.717) is 13.1 Å². The summed E-state index contributed by atoms with van der Waals surface area (Å²) >= 11 is 3.45. The highest BCUT2D eigenvalue weighted by Crippen LogP contribution is 2.31. The van der Waals surface area contributed by atoms with E-state index in [1.807, 2.05) is 43.3 Å². The van der Waals surface area contributed by atoms with Crippen molar-refractivity contribution in [2.75, 3.05) is 38.6 Å². The lowest BCUT2D eigenvalue weighted by atomic mass is 10.1. The summed E-state index contributed by atoms with van der Waals surface area (Å²) in [5.41, 5.74) is 0.825. The minimum atomic E-state index is -0.272. The Morgan fingerprint density at radius 1 is 1.43 bits per heavy atom. The fraction of sp³-hybridized carbons (Fsp3) is 0.467. The van der Waals surface area contributed by atoms with Crippen LogP contribution in [0.4, 0.5) is 5.69 Å². The first-order chi connectivity index (χ1) is 9.99. The third-order valence-corrected chi connectivity index (χ3v) is 4.17. The first-order valence-electron chi connectivity index (χ1n) is 6.96. The molecule has 1 N–H and O–H groups in total. The Bertz CT molecular complexity index is 533. The van der Waals surface area contributed by atoms with Crippen molar-refractivity contribution in [1.82, 2.24) is 10.2 Å². The van der Waals surface area contributed by atoms with Crippen LogP contribution in [0.1, 0.15) is 6.42 Å². The zero-order chi connectivity index (χ0) is 15.4. The number of carbonyl (C=O) groups is 2. The van der Waals surface area contributed by atoms with E-state index in [4.69, 9.17) is 0 Å². The molecule has 0 aliphatic carbocycles. The number of nitrogens with zero attached hydrogens (tertiary/aromatic N) is 2. The molecule has 1 aliphatic heterocycles. The summed E-state index contributed by atoms with van der Waals surface area (Å²) in [4.78, 5) is 27.9. The zero-order valence-electron chi connectivity index (χ0n) is 12.3. The van der Waals surface area contributed by atoms with E-state index in [9.17, 15) is 9.59 Å². The molecule has 1 aromatic carbocycles. The molecule has 5 nitrogen and oxygen atoms in total. The minimum absolute atomic E-state index is 0.00494. The Balaban J connectivity index is 1.96. The maximum absolute atomic E-state index is 12.1. The quantitative estimate of drug-likeness (QED) is 0.872. The summed E-state index contributed by atoms with van der Waals surface area (Å²) in [6, 6.07) is 7.57. The highest BCUT2D eigenvalue weighted by atomic mass is 79.9. The van der Waals surface area contributed by atoms with Crippen molar-refractivity contribution in [3.8, 4) is 0 Å². The summed E-state index contributed by atoms with van der Waals surface area (Å²) in [6.45, 7) is 1.83. The van der Waals surface area contributed by atoms with Gasteiger partial charge in [-0.3, -0.25) is 9.59 Å². The molecule has 1 unspecified atom stereocenters. The lowest BCUT2D eigenvalue weighted by Crippen LogP contribution is -2.36. The Labute approximate surface area is 133 Å². The highest BCUT2D eigenvalue weighted by molar-refractivity contribution is 9.10. The fourth-order valence-corrected chi connectivity index (χ4v) is 2.83. The lowest BCUT2D eigenvalue weighted by molar-refractivity contribution is -0.126. The van der Waals surface area contributed by atoms with Crippen LogP contribution in [0.5, 0.6) is 0 Å². The van der Waals surface area contributed by atoms with E-state index >= 15 is 0 Å². The van der Waals surface area contributed by atoms with Crippen LogP contribution in [-0.4, -0.2) is 50.4 Å². The van der Waals surface area contributed by atoms with Gasteiger partial charge in [-0.1, -0.05) is 12.1 Å². The van der Waals surface area contributed by atoms with Gasteiger partial charge >= 0.3 is 0 Å². The average Bonchev–Trinajstić information content (AvgIpc) is 2.81. The third-order valence-electron chi connectivity index (χ3n) is 3.50. The molecule has 1 fully saturated rings. The molecule has 6 heteroatoms. The average molecular weight is 354 g/mol. The van der Waals surface area contributed by atoms with Gasteiger partial charge in [0, 0.05) is 30.5 Å². The number of carbonyl (C=O) groups excluding carboxylic acids is 2. The van der Waals surface area contributed by atoms with E-state index in [0.717, 1.165) is 16.7 Å². The zero-order valence-corrected chi connectivity index (χ0v) is 13.9. The smallest absolute Gasteiger partial charge is 0.227 e. The van der Waals surface area contributed by atoms with Gasteiger partial charge in [0.1, 0.15) is 0 Å². The molecule has 0 bridgehead atoms. The van der Waals surface area contributed by atoms with Gasteiger partial charge in [0.2, 0.25) is 11.8 Å². The summed E-state index contributed by atoms with van der Waals surface area (Å²) in [7, 11) is 3.92. The molecule has 2 rings (SSSR count). The molecule has 0 spiro atoms. The van der Waals surface area contributed by atoms with Crippen molar-refractivity contribution < 1.29 is 9.59 Å². The van der Waals surface area contributed by atoms with Crippen LogP contribution in [0, 0.1) is 5.92 Å². The van der Waals surface area contributed by atoms with Crippen LogP contribution >= 0.6 is 15.9 Å². The number of hydrogen-bond acceptors (Lipinski definition) is 3. The van der Waals surface area contributed by atoms with Crippen molar-refractivity contribution in [3.63, 3.8) is 0 Å². The molecule has 0 aromatic heterocycles. The maximum Gasteiger partial charge on any atom is 0.227 e. The number of likely N-dealkylation sites (N-methyl/N-ethyl adjacent to an activating group) is 1. The number of halogens is 1. The standard InChI is InChI=1S/C15H20BrN3O2/c1-18(2)8-7-17-15(21)11-9-14(20)19(10-11)13-6-4-3-5-12(13)16/h3-6,11H,7-10H2,1-2H3,(H,17,21). The molecule has 1 aromatic rings. The predicted octanol–water partition coefficient (Wildman–Crippen LogP) is 1.48. The van der Waals surface area contributed by atoms with Crippen molar-refractivity contribution in [2.24, 2.45) is 5.92 Å². The fourth-order valence-electron chi connectivity index (χ4n) is 2.33. The Morgan fingerprint density at radius 3 is 2.81 bits per heavy atom. The molecule has 0 saturated carbocycles. The first kappa shape index (κ1) is 16.0. The van der Waals surface area contributed by atoms with Crippen LogP contribution in [-0.2, 0) is 9.59 Å². The number of rotatable bonds is 5. The lowest BCUT2D eigenvalue weighted by Gasteiger charge is -2.18. The highest BCUT2D eigenvalue weighted by Gasteiger charge is 2.35.